The highest BCUT2D eigenvalue weighted by atomic mass is 16.1. The zero-order valence-corrected chi connectivity index (χ0v) is 13.5. The quantitative estimate of drug-likeness (QED) is 0.687. The van der Waals surface area contributed by atoms with Gasteiger partial charge in [0.15, 0.2) is 5.78 Å². The van der Waals surface area contributed by atoms with Gasteiger partial charge in [0.2, 0.25) is 0 Å². The molecule has 1 aliphatic rings. The largest absolute Gasteiger partial charge is 0.302 e. The summed E-state index contributed by atoms with van der Waals surface area (Å²) in [6.07, 6.45) is 4.89. The summed E-state index contributed by atoms with van der Waals surface area (Å²) in [6, 6.07) is 8.12. The maximum Gasteiger partial charge on any atom is 0.176 e. The number of carbonyl (C=O) groups excluding carboxylic acids is 1. The molecule has 3 nitrogen and oxygen atoms in total. The van der Waals surface area contributed by atoms with Gasteiger partial charge in [-0.25, -0.2) is 0 Å². The Labute approximate surface area is 128 Å². The minimum absolute atomic E-state index is 0.224. The number of likely N-dealkylation sites (tertiary alicyclic amines) is 1. The molecule has 0 amide bonds. The van der Waals surface area contributed by atoms with E-state index >= 15 is 0 Å². The smallest absolute Gasteiger partial charge is 0.176 e. The number of hydrogen-bond donors (Lipinski definition) is 0. The lowest BCUT2D eigenvalue weighted by Gasteiger charge is -2.20. The SMILES string of the molecule is CCCc1ccc(C(=O)CN(C)CCN2CCCC2)cc1. The van der Waals surface area contributed by atoms with Gasteiger partial charge in [-0.15, -0.1) is 0 Å². The zero-order chi connectivity index (χ0) is 15.1. The number of likely N-dealkylation sites (N-methyl/N-ethyl adjacent to an activating group) is 1. The summed E-state index contributed by atoms with van der Waals surface area (Å²) >= 11 is 0. The van der Waals surface area contributed by atoms with Gasteiger partial charge in [-0.2, -0.15) is 0 Å². The molecule has 0 N–H and O–H groups in total. The number of aryl methyl sites for hydroxylation is 1. The van der Waals surface area contributed by atoms with Gasteiger partial charge >= 0.3 is 0 Å². The van der Waals surface area contributed by atoms with Crippen LogP contribution in [0.5, 0.6) is 0 Å². The second kappa shape index (κ2) is 8.30. The van der Waals surface area contributed by atoms with Crippen LogP contribution in [0.3, 0.4) is 0 Å². The van der Waals surface area contributed by atoms with Crippen molar-refractivity contribution in [2.24, 2.45) is 0 Å². The van der Waals surface area contributed by atoms with Crippen molar-refractivity contribution in [3.05, 3.63) is 35.4 Å². The Balaban J connectivity index is 1.76. The van der Waals surface area contributed by atoms with E-state index in [9.17, 15) is 4.79 Å². The number of ketones is 1. The molecule has 0 atom stereocenters. The first-order valence-corrected chi connectivity index (χ1v) is 8.22. The molecule has 1 heterocycles. The molecule has 0 saturated carbocycles. The molecule has 1 saturated heterocycles. The normalized spacial score (nSPS) is 15.8. The maximum absolute atomic E-state index is 12.3. The van der Waals surface area contributed by atoms with Crippen molar-refractivity contribution in [2.75, 3.05) is 39.8 Å². The van der Waals surface area contributed by atoms with Gasteiger partial charge in [-0.05, 0) is 45.0 Å². The Hall–Kier alpha value is -1.19. The summed E-state index contributed by atoms with van der Waals surface area (Å²) in [6.45, 7) is 7.19. The minimum Gasteiger partial charge on any atom is -0.302 e. The van der Waals surface area contributed by atoms with Gasteiger partial charge in [0.1, 0.15) is 0 Å². The van der Waals surface area contributed by atoms with Gasteiger partial charge < -0.3 is 4.90 Å². The molecule has 116 valence electrons. The van der Waals surface area contributed by atoms with Crippen LogP contribution in [0.2, 0.25) is 0 Å². The first-order valence-electron chi connectivity index (χ1n) is 8.22. The molecule has 1 aromatic rings. The summed E-state index contributed by atoms with van der Waals surface area (Å²) in [7, 11) is 2.04. The highest BCUT2D eigenvalue weighted by molar-refractivity contribution is 5.97. The van der Waals surface area contributed by atoms with Crippen LogP contribution in [0.1, 0.15) is 42.1 Å². The molecule has 0 aromatic heterocycles. The van der Waals surface area contributed by atoms with Crippen molar-refractivity contribution >= 4 is 5.78 Å². The molecular formula is C18H28N2O. The van der Waals surface area contributed by atoms with Crippen LogP contribution < -0.4 is 0 Å². The lowest BCUT2D eigenvalue weighted by atomic mass is 10.1. The average Bonchev–Trinajstić information content (AvgIpc) is 2.99. The van der Waals surface area contributed by atoms with E-state index in [1.165, 1.54) is 31.5 Å². The minimum atomic E-state index is 0.224. The predicted octanol–water partition coefficient (Wildman–Crippen LogP) is 2.85. The van der Waals surface area contributed by atoms with E-state index in [2.05, 4.69) is 28.9 Å². The molecule has 0 unspecified atom stereocenters. The summed E-state index contributed by atoms with van der Waals surface area (Å²) in [5.74, 6) is 0.224. The predicted molar refractivity (Wildman–Crippen MR) is 87.9 cm³/mol. The Kier molecular flexibility index (Phi) is 6.40. The van der Waals surface area contributed by atoms with Crippen LogP contribution in [0.25, 0.3) is 0 Å². The zero-order valence-electron chi connectivity index (χ0n) is 13.5. The molecular weight excluding hydrogens is 260 g/mol. The van der Waals surface area contributed by atoms with E-state index in [1.54, 1.807) is 0 Å². The number of hydrogen-bond acceptors (Lipinski definition) is 3. The Morgan fingerprint density at radius 1 is 1.19 bits per heavy atom. The van der Waals surface area contributed by atoms with E-state index in [0.29, 0.717) is 6.54 Å². The molecule has 1 aromatic carbocycles. The van der Waals surface area contributed by atoms with E-state index in [4.69, 9.17) is 0 Å². The number of Topliss-reactive ketones (excluding diaryl/α,β-unsaturated/α-hetero) is 1. The van der Waals surface area contributed by atoms with Crippen LogP contribution in [-0.2, 0) is 6.42 Å². The van der Waals surface area contributed by atoms with Crippen molar-refractivity contribution in [1.82, 2.24) is 9.80 Å². The summed E-state index contributed by atoms with van der Waals surface area (Å²) in [4.78, 5) is 16.9. The fourth-order valence-corrected chi connectivity index (χ4v) is 2.88. The van der Waals surface area contributed by atoms with Gasteiger partial charge in [0.05, 0.1) is 6.54 Å². The summed E-state index contributed by atoms with van der Waals surface area (Å²) < 4.78 is 0. The van der Waals surface area contributed by atoms with E-state index in [-0.39, 0.29) is 5.78 Å². The van der Waals surface area contributed by atoms with Crippen LogP contribution in [-0.4, -0.2) is 55.4 Å². The topological polar surface area (TPSA) is 23.6 Å². The highest BCUT2D eigenvalue weighted by Crippen LogP contribution is 2.09. The molecule has 0 aliphatic carbocycles. The van der Waals surface area contributed by atoms with E-state index < -0.39 is 0 Å². The third kappa shape index (κ3) is 5.25. The van der Waals surface area contributed by atoms with Gasteiger partial charge in [0, 0.05) is 18.7 Å². The lowest BCUT2D eigenvalue weighted by molar-refractivity contribution is 0.0941. The van der Waals surface area contributed by atoms with E-state index in [0.717, 1.165) is 31.5 Å². The van der Waals surface area contributed by atoms with Crippen molar-refractivity contribution in [2.45, 2.75) is 32.6 Å². The van der Waals surface area contributed by atoms with Crippen LogP contribution >= 0.6 is 0 Å². The molecule has 21 heavy (non-hydrogen) atoms. The Morgan fingerprint density at radius 3 is 2.48 bits per heavy atom. The highest BCUT2D eigenvalue weighted by Gasteiger charge is 2.13. The van der Waals surface area contributed by atoms with Crippen LogP contribution in [0.4, 0.5) is 0 Å². The fraction of sp³-hybridized carbons (Fsp3) is 0.611. The van der Waals surface area contributed by atoms with Gasteiger partial charge in [0.25, 0.3) is 0 Å². The number of carbonyl (C=O) groups is 1. The van der Waals surface area contributed by atoms with Crippen molar-refractivity contribution in [3.8, 4) is 0 Å². The Bertz CT molecular complexity index is 435. The number of rotatable bonds is 8. The molecule has 2 rings (SSSR count). The molecule has 0 bridgehead atoms. The average molecular weight is 288 g/mol. The first kappa shape index (κ1) is 16.2. The molecule has 0 radical (unpaired) electrons. The van der Waals surface area contributed by atoms with Crippen molar-refractivity contribution in [3.63, 3.8) is 0 Å². The molecule has 1 fully saturated rings. The van der Waals surface area contributed by atoms with Gasteiger partial charge in [-0.1, -0.05) is 37.6 Å². The molecule has 0 spiro atoms. The van der Waals surface area contributed by atoms with Crippen LogP contribution in [0.15, 0.2) is 24.3 Å². The second-order valence-corrected chi connectivity index (χ2v) is 6.16. The van der Waals surface area contributed by atoms with E-state index in [1.807, 2.05) is 19.2 Å². The monoisotopic (exact) mass is 288 g/mol. The Morgan fingerprint density at radius 2 is 1.86 bits per heavy atom. The van der Waals surface area contributed by atoms with Crippen LogP contribution in [0, 0.1) is 0 Å². The molecule has 3 heteroatoms. The third-order valence-electron chi connectivity index (χ3n) is 4.22. The molecule has 1 aliphatic heterocycles. The maximum atomic E-state index is 12.3. The first-order chi connectivity index (χ1) is 10.2. The second-order valence-electron chi connectivity index (χ2n) is 6.16. The summed E-state index contributed by atoms with van der Waals surface area (Å²) in [5.41, 5.74) is 2.15. The fourth-order valence-electron chi connectivity index (χ4n) is 2.88. The number of benzene rings is 1. The standard InChI is InChI=1S/C18H28N2O/c1-3-6-16-7-9-17(10-8-16)18(21)15-19(2)13-14-20-11-4-5-12-20/h7-10H,3-6,11-15H2,1-2H3. The summed E-state index contributed by atoms with van der Waals surface area (Å²) in [5, 5.41) is 0. The lowest BCUT2D eigenvalue weighted by Crippen LogP contribution is -2.34. The van der Waals surface area contributed by atoms with Crippen molar-refractivity contribution < 1.29 is 4.79 Å². The number of nitrogens with zero attached hydrogens (tertiary/aromatic N) is 2. The third-order valence-corrected chi connectivity index (χ3v) is 4.22. The van der Waals surface area contributed by atoms with Gasteiger partial charge in [-0.3, -0.25) is 9.69 Å². The van der Waals surface area contributed by atoms with Crippen molar-refractivity contribution in [1.29, 1.82) is 0 Å².